The second-order valence-electron chi connectivity index (χ2n) is 8.82. The Morgan fingerprint density at radius 1 is 0.935 bits per heavy atom. The number of unbranched alkanes of at least 4 members (excludes halogenated alkanes) is 3. The first kappa shape index (κ1) is 24.5. The lowest BCUT2D eigenvalue weighted by atomic mass is 9.98. The maximum Gasteiger partial charge on any atom is 0.301 e. The van der Waals surface area contributed by atoms with Gasteiger partial charge in [-0.25, -0.2) is 0 Å². The van der Waals surface area contributed by atoms with E-state index in [1.54, 1.807) is 12.1 Å². The van der Waals surface area contributed by atoms with E-state index in [4.69, 9.17) is 4.74 Å². The minimum atomic E-state index is -3.50. The third-order valence-corrected chi connectivity index (χ3v) is 7.99. The molecular weight excluding hydrogens is 414 g/mol. The van der Waals surface area contributed by atoms with Crippen LogP contribution in [0.15, 0.2) is 30.3 Å². The molecular formula is C23H39N3O4S. The lowest BCUT2D eigenvalue weighted by Gasteiger charge is -2.31. The molecule has 1 aromatic rings. The van der Waals surface area contributed by atoms with Crippen LogP contribution in [-0.2, 0) is 14.9 Å². The smallest absolute Gasteiger partial charge is 0.301 e. The molecule has 0 aromatic heterocycles. The summed E-state index contributed by atoms with van der Waals surface area (Å²) in [5.74, 6) is 0.514. The van der Waals surface area contributed by atoms with E-state index >= 15 is 0 Å². The Kier molecular flexibility index (Phi) is 10.1. The number of rotatable bonds is 12. The first-order chi connectivity index (χ1) is 15.1. The van der Waals surface area contributed by atoms with E-state index in [2.05, 4.69) is 9.62 Å². The van der Waals surface area contributed by atoms with E-state index < -0.39 is 10.2 Å². The van der Waals surface area contributed by atoms with Crippen LogP contribution in [-0.4, -0.2) is 74.8 Å². The van der Waals surface area contributed by atoms with Gasteiger partial charge in [0.2, 0.25) is 0 Å². The van der Waals surface area contributed by atoms with Crippen molar-refractivity contribution in [1.29, 1.82) is 0 Å². The molecule has 0 aliphatic carbocycles. The molecule has 2 fully saturated rings. The minimum Gasteiger partial charge on any atom is -0.396 e. The number of likely N-dealkylation sites (tertiary alicyclic amines) is 1. The van der Waals surface area contributed by atoms with E-state index in [1.165, 1.54) is 30.1 Å². The largest absolute Gasteiger partial charge is 0.396 e. The van der Waals surface area contributed by atoms with E-state index in [0.717, 1.165) is 51.8 Å². The van der Waals surface area contributed by atoms with Gasteiger partial charge in [0, 0.05) is 32.0 Å². The van der Waals surface area contributed by atoms with Gasteiger partial charge in [-0.3, -0.25) is 4.72 Å². The summed E-state index contributed by atoms with van der Waals surface area (Å²) in [7, 11) is -3.50. The third kappa shape index (κ3) is 8.35. The Morgan fingerprint density at radius 2 is 1.61 bits per heavy atom. The first-order valence-corrected chi connectivity index (χ1v) is 13.3. The molecule has 0 bridgehead atoms. The summed E-state index contributed by atoms with van der Waals surface area (Å²) in [6.07, 6.45) is 8.64. The number of nitrogens with zero attached hydrogens (tertiary/aromatic N) is 2. The summed E-state index contributed by atoms with van der Waals surface area (Å²) >= 11 is 0. The van der Waals surface area contributed by atoms with Crippen molar-refractivity contribution in [1.82, 2.24) is 9.21 Å². The molecule has 2 N–H and O–H groups in total. The highest BCUT2D eigenvalue weighted by atomic mass is 32.2. The normalized spacial score (nSPS) is 20.2. The predicted octanol–water partition coefficient (Wildman–Crippen LogP) is 3.09. The number of anilines is 1. The van der Waals surface area contributed by atoms with Gasteiger partial charge in [-0.1, -0.05) is 31.0 Å². The molecule has 2 saturated heterocycles. The molecule has 3 rings (SSSR count). The van der Waals surface area contributed by atoms with E-state index in [0.29, 0.717) is 31.3 Å². The molecule has 8 heteroatoms. The quantitative estimate of drug-likeness (QED) is 0.475. The van der Waals surface area contributed by atoms with E-state index in [9.17, 15) is 13.5 Å². The molecule has 176 valence electrons. The Bertz CT molecular complexity index is 716. The van der Waals surface area contributed by atoms with Crippen molar-refractivity contribution in [3.63, 3.8) is 0 Å². The zero-order valence-electron chi connectivity index (χ0n) is 18.6. The number of hydrogen-bond donors (Lipinski definition) is 2. The van der Waals surface area contributed by atoms with Crippen molar-refractivity contribution in [3.8, 4) is 0 Å². The topological polar surface area (TPSA) is 82.1 Å². The lowest BCUT2D eigenvalue weighted by Crippen LogP contribution is -2.43. The summed E-state index contributed by atoms with van der Waals surface area (Å²) in [5, 5.41) is 9.21. The van der Waals surface area contributed by atoms with Crippen LogP contribution in [0.5, 0.6) is 0 Å². The molecule has 2 aliphatic heterocycles. The fourth-order valence-electron chi connectivity index (χ4n) is 4.39. The van der Waals surface area contributed by atoms with Gasteiger partial charge in [0.15, 0.2) is 0 Å². The monoisotopic (exact) mass is 453 g/mol. The standard InChI is InChI=1S/C23H39N3O4S/c27-20-21-10-15-25(16-11-21)14-6-1-2-7-19-30-23-12-17-26(18-13-23)31(28,29)24-22-8-4-3-5-9-22/h3-5,8-9,21,23-24,27H,1-2,6-7,10-20H2. The Labute approximate surface area is 187 Å². The van der Waals surface area contributed by atoms with Gasteiger partial charge in [-0.2, -0.15) is 12.7 Å². The van der Waals surface area contributed by atoms with Gasteiger partial charge < -0.3 is 14.7 Å². The maximum atomic E-state index is 12.5. The lowest BCUT2D eigenvalue weighted by molar-refractivity contribution is 0.0192. The second kappa shape index (κ2) is 12.7. The average molecular weight is 454 g/mol. The number of benzene rings is 1. The fraction of sp³-hybridized carbons (Fsp3) is 0.739. The first-order valence-electron chi connectivity index (χ1n) is 11.8. The highest BCUT2D eigenvalue weighted by Crippen LogP contribution is 2.20. The highest BCUT2D eigenvalue weighted by Gasteiger charge is 2.28. The molecule has 0 radical (unpaired) electrons. The van der Waals surface area contributed by atoms with Crippen LogP contribution in [0.4, 0.5) is 5.69 Å². The number of hydrogen-bond acceptors (Lipinski definition) is 5. The summed E-state index contributed by atoms with van der Waals surface area (Å²) in [6.45, 7) is 5.53. The maximum absolute atomic E-state index is 12.5. The Morgan fingerprint density at radius 3 is 2.29 bits per heavy atom. The van der Waals surface area contributed by atoms with Crippen molar-refractivity contribution < 1.29 is 18.3 Å². The van der Waals surface area contributed by atoms with Crippen molar-refractivity contribution in [2.75, 3.05) is 50.7 Å². The summed E-state index contributed by atoms with van der Waals surface area (Å²) in [5.41, 5.74) is 0.593. The number of ether oxygens (including phenoxy) is 1. The molecule has 0 atom stereocenters. The third-order valence-electron chi connectivity index (χ3n) is 6.45. The van der Waals surface area contributed by atoms with Gasteiger partial charge >= 0.3 is 10.2 Å². The summed E-state index contributed by atoms with van der Waals surface area (Å²) < 4.78 is 35.2. The van der Waals surface area contributed by atoms with Crippen LogP contribution in [0.3, 0.4) is 0 Å². The SMILES string of the molecule is O=S(=O)(Nc1ccccc1)N1CCC(OCCCCCCN2CCC(CO)CC2)CC1. The zero-order valence-corrected chi connectivity index (χ0v) is 19.4. The van der Waals surface area contributed by atoms with Crippen LogP contribution in [0, 0.1) is 5.92 Å². The van der Waals surface area contributed by atoms with Gasteiger partial charge in [0.1, 0.15) is 0 Å². The molecule has 1 aromatic carbocycles. The van der Waals surface area contributed by atoms with Gasteiger partial charge in [0.05, 0.1) is 6.10 Å². The molecule has 2 heterocycles. The fourth-order valence-corrected chi connectivity index (χ4v) is 5.65. The van der Waals surface area contributed by atoms with Crippen molar-refractivity contribution in [3.05, 3.63) is 30.3 Å². The molecule has 31 heavy (non-hydrogen) atoms. The number of piperidine rings is 2. The minimum absolute atomic E-state index is 0.163. The Balaban J connectivity index is 1.21. The number of aliphatic hydroxyl groups is 1. The molecule has 0 spiro atoms. The molecule has 0 amide bonds. The zero-order chi connectivity index (χ0) is 21.9. The van der Waals surface area contributed by atoms with Crippen molar-refractivity contribution in [2.24, 2.45) is 5.92 Å². The predicted molar refractivity (Wildman–Crippen MR) is 124 cm³/mol. The van der Waals surface area contributed by atoms with Gasteiger partial charge in [-0.15, -0.1) is 0 Å². The van der Waals surface area contributed by atoms with E-state index in [1.807, 2.05) is 18.2 Å². The summed E-state index contributed by atoms with van der Waals surface area (Å²) in [6, 6.07) is 9.01. The number of nitrogens with one attached hydrogen (secondary N) is 1. The Hall–Kier alpha value is -1.19. The van der Waals surface area contributed by atoms with E-state index in [-0.39, 0.29) is 6.10 Å². The highest BCUT2D eigenvalue weighted by molar-refractivity contribution is 7.90. The summed E-state index contributed by atoms with van der Waals surface area (Å²) in [4.78, 5) is 2.52. The van der Waals surface area contributed by atoms with Gasteiger partial charge in [-0.05, 0) is 76.2 Å². The molecule has 0 saturated carbocycles. The molecule has 2 aliphatic rings. The molecule has 0 unspecified atom stereocenters. The van der Waals surface area contributed by atoms with Crippen LogP contribution in [0.25, 0.3) is 0 Å². The average Bonchev–Trinajstić information content (AvgIpc) is 2.79. The van der Waals surface area contributed by atoms with Crippen LogP contribution < -0.4 is 4.72 Å². The van der Waals surface area contributed by atoms with Crippen molar-refractivity contribution >= 4 is 15.9 Å². The number of para-hydroxylation sites is 1. The van der Waals surface area contributed by atoms with Crippen LogP contribution in [0.2, 0.25) is 0 Å². The van der Waals surface area contributed by atoms with Gasteiger partial charge in [0.25, 0.3) is 0 Å². The second-order valence-corrected chi connectivity index (χ2v) is 10.5. The van der Waals surface area contributed by atoms with Crippen LogP contribution >= 0.6 is 0 Å². The molecule has 7 nitrogen and oxygen atoms in total. The van der Waals surface area contributed by atoms with Crippen molar-refractivity contribution in [2.45, 2.75) is 57.5 Å². The van der Waals surface area contributed by atoms with Crippen LogP contribution in [0.1, 0.15) is 51.4 Å². The number of aliphatic hydroxyl groups excluding tert-OH is 1.